The molecule has 112 valence electrons. The molecule has 0 fully saturated rings. The molecule has 0 saturated heterocycles. The largest absolute Gasteiger partial charge is 0.485 e. The number of nitrogens with zero attached hydrogens (tertiary/aromatic N) is 1. The van der Waals surface area contributed by atoms with Crippen LogP contribution in [0.4, 0.5) is 0 Å². The molecule has 1 atom stereocenters. The summed E-state index contributed by atoms with van der Waals surface area (Å²) in [5, 5.41) is 5.40. The van der Waals surface area contributed by atoms with E-state index >= 15 is 0 Å². The molecule has 22 heavy (non-hydrogen) atoms. The van der Waals surface area contributed by atoms with Crippen molar-refractivity contribution in [1.29, 1.82) is 0 Å². The van der Waals surface area contributed by atoms with Crippen molar-refractivity contribution in [3.05, 3.63) is 72.6 Å². The van der Waals surface area contributed by atoms with Crippen molar-refractivity contribution in [1.82, 2.24) is 10.3 Å². The van der Waals surface area contributed by atoms with Gasteiger partial charge < -0.3 is 10.1 Å². The Balaban J connectivity index is 1.92. The molecule has 3 rings (SSSR count). The summed E-state index contributed by atoms with van der Waals surface area (Å²) >= 11 is 0. The Bertz CT molecular complexity index is 722. The van der Waals surface area contributed by atoms with Gasteiger partial charge in [-0.05, 0) is 31.3 Å². The van der Waals surface area contributed by atoms with Crippen LogP contribution in [0.25, 0.3) is 10.8 Å². The van der Waals surface area contributed by atoms with Gasteiger partial charge in [0, 0.05) is 29.6 Å². The maximum atomic E-state index is 6.35. The minimum absolute atomic E-state index is 0.0346. The average molecular weight is 292 g/mol. The monoisotopic (exact) mass is 292 g/mol. The Morgan fingerprint density at radius 3 is 2.73 bits per heavy atom. The molecule has 2 aromatic carbocycles. The van der Waals surface area contributed by atoms with E-state index in [1.165, 1.54) is 5.56 Å². The van der Waals surface area contributed by atoms with Crippen LogP contribution in [0.2, 0.25) is 0 Å². The van der Waals surface area contributed by atoms with Crippen LogP contribution < -0.4 is 10.1 Å². The SMILES string of the molecule is CNCCC(Oc1cccc2cnccc12)c1ccccc1. The first-order valence-corrected chi connectivity index (χ1v) is 7.57. The predicted octanol–water partition coefficient (Wildman–Crippen LogP) is 3.96. The fraction of sp³-hybridized carbons (Fsp3) is 0.211. The van der Waals surface area contributed by atoms with Gasteiger partial charge in [0.15, 0.2) is 0 Å². The van der Waals surface area contributed by atoms with E-state index < -0.39 is 0 Å². The highest BCUT2D eigenvalue weighted by Gasteiger charge is 2.14. The van der Waals surface area contributed by atoms with Crippen LogP contribution in [-0.2, 0) is 0 Å². The van der Waals surface area contributed by atoms with Gasteiger partial charge in [0.1, 0.15) is 11.9 Å². The Kier molecular flexibility index (Phi) is 4.66. The number of benzene rings is 2. The lowest BCUT2D eigenvalue weighted by atomic mass is 10.1. The molecule has 1 aromatic heterocycles. The molecule has 0 spiro atoms. The summed E-state index contributed by atoms with van der Waals surface area (Å²) in [5.41, 5.74) is 1.20. The number of hydrogen-bond donors (Lipinski definition) is 1. The van der Waals surface area contributed by atoms with Gasteiger partial charge in [-0.15, -0.1) is 0 Å². The Hall–Kier alpha value is -2.39. The van der Waals surface area contributed by atoms with Crippen LogP contribution in [-0.4, -0.2) is 18.6 Å². The molecule has 0 aliphatic rings. The first-order valence-electron chi connectivity index (χ1n) is 7.57. The number of ether oxygens (including phenoxy) is 1. The van der Waals surface area contributed by atoms with Gasteiger partial charge in [-0.25, -0.2) is 0 Å². The zero-order valence-corrected chi connectivity index (χ0v) is 12.7. The van der Waals surface area contributed by atoms with Crippen molar-refractivity contribution in [2.45, 2.75) is 12.5 Å². The highest BCUT2D eigenvalue weighted by molar-refractivity contribution is 5.87. The normalized spacial score (nSPS) is 12.2. The van der Waals surface area contributed by atoms with Crippen LogP contribution in [0.15, 0.2) is 67.0 Å². The van der Waals surface area contributed by atoms with Crippen LogP contribution in [0.1, 0.15) is 18.1 Å². The Morgan fingerprint density at radius 2 is 1.91 bits per heavy atom. The van der Waals surface area contributed by atoms with Crippen molar-refractivity contribution >= 4 is 10.8 Å². The zero-order chi connectivity index (χ0) is 15.2. The number of hydrogen-bond acceptors (Lipinski definition) is 3. The zero-order valence-electron chi connectivity index (χ0n) is 12.7. The average Bonchev–Trinajstić information content (AvgIpc) is 2.59. The lowest BCUT2D eigenvalue weighted by Crippen LogP contribution is -2.16. The van der Waals surface area contributed by atoms with Crippen molar-refractivity contribution in [2.24, 2.45) is 0 Å². The summed E-state index contributed by atoms with van der Waals surface area (Å²) in [7, 11) is 1.96. The lowest BCUT2D eigenvalue weighted by Gasteiger charge is -2.20. The standard InChI is InChI=1S/C19H20N2O/c1-20-12-11-18(15-6-3-2-4-7-15)22-19-9-5-8-16-14-21-13-10-17(16)19/h2-10,13-14,18,20H,11-12H2,1H3. The highest BCUT2D eigenvalue weighted by Crippen LogP contribution is 2.30. The van der Waals surface area contributed by atoms with Crippen LogP contribution >= 0.6 is 0 Å². The molecular weight excluding hydrogens is 272 g/mol. The third-order valence-electron chi connectivity index (χ3n) is 3.74. The molecule has 1 N–H and O–H groups in total. The van der Waals surface area contributed by atoms with Crippen LogP contribution in [0.3, 0.4) is 0 Å². The van der Waals surface area contributed by atoms with Crippen molar-refractivity contribution in [3.8, 4) is 5.75 Å². The molecule has 0 saturated carbocycles. The maximum Gasteiger partial charge on any atom is 0.128 e. The van der Waals surface area contributed by atoms with Gasteiger partial charge in [-0.1, -0.05) is 42.5 Å². The van der Waals surface area contributed by atoms with Gasteiger partial charge in [0.25, 0.3) is 0 Å². The van der Waals surface area contributed by atoms with E-state index in [-0.39, 0.29) is 6.10 Å². The lowest BCUT2D eigenvalue weighted by molar-refractivity contribution is 0.197. The molecule has 0 radical (unpaired) electrons. The van der Waals surface area contributed by atoms with Crippen molar-refractivity contribution < 1.29 is 4.74 Å². The highest BCUT2D eigenvalue weighted by atomic mass is 16.5. The molecule has 0 amide bonds. The number of fused-ring (bicyclic) bond motifs is 1. The first kappa shape index (κ1) is 14.5. The van der Waals surface area contributed by atoms with Gasteiger partial charge >= 0.3 is 0 Å². The van der Waals surface area contributed by atoms with Gasteiger partial charge in [0.05, 0.1) is 0 Å². The number of nitrogens with one attached hydrogen (secondary N) is 1. The minimum atomic E-state index is 0.0346. The second-order valence-corrected chi connectivity index (χ2v) is 5.26. The van der Waals surface area contributed by atoms with E-state index in [0.717, 1.165) is 29.5 Å². The molecular formula is C19H20N2O. The van der Waals surface area contributed by atoms with E-state index in [1.807, 2.05) is 37.5 Å². The molecule has 3 heteroatoms. The first-order chi connectivity index (χ1) is 10.9. The third kappa shape index (κ3) is 3.26. The second-order valence-electron chi connectivity index (χ2n) is 5.26. The number of pyridine rings is 1. The molecule has 3 nitrogen and oxygen atoms in total. The number of aromatic nitrogens is 1. The predicted molar refractivity (Wildman–Crippen MR) is 90.1 cm³/mol. The van der Waals surface area contributed by atoms with E-state index in [2.05, 4.69) is 40.6 Å². The fourth-order valence-electron chi connectivity index (χ4n) is 2.59. The van der Waals surface area contributed by atoms with Gasteiger partial charge in [0.2, 0.25) is 0 Å². The summed E-state index contributed by atoms with van der Waals surface area (Å²) in [4.78, 5) is 4.18. The van der Waals surface area contributed by atoms with E-state index in [1.54, 1.807) is 6.20 Å². The van der Waals surface area contributed by atoms with E-state index in [4.69, 9.17) is 4.74 Å². The molecule has 0 bridgehead atoms. The van der Waals surface area contributed by atoms with Gasteiger partial charge in [-0.3, -0.25) is 4.98 Å². The molecule has 0 aliphatic heterocycles. The third-order valence-corrected chi connectivity index (χ3v) is 3.74. The topological polar surface area (TPSA) is 34.1 Å². The molecule has 1 unspecified atom stereocenters. The fourth-order valence-corrected chi connectivity index (χ4v) is 2.59. The summed E-state index contributed by atoms with van der Waals surface area (Å²) in [6, 6.07) is 18.5. The van der Waals surface area contributed by atoms with Gasteiger partial charge in [-0.2, -0.15) is 0 Å². The van der Waals surface area contributed by atoms with Crippen LogP contribution in [0, 0.1) is 0 Å². The summed E-state index contributed by atoms with van der Waals surface area (Å²) in [5.74, 6) is 0.907. The molecule has 1 heterocycles. The number of rotatable bonds is 6. The molecule has 0 aliphatic carbocycles. The van der Waals surface area contributed by atoms with E-state index in [9.17, 15) is 0 Å². The quantitative estimate of drug-likeness (QED) is 0.746. The summed E-state index contributed by atoms with van der Waals surface area (Å²) < 4.78 is 6.35. The maximum absolute atomic E-state index is 6.35. The Labute approximate surface area is 131 Å². The van der Waals surface area contributed by atoms with E-state index in [0.29, 0.717) is 0 Å². The van der Waals surface area contributed by atoms with Crippen LogP contribution in [0.5, 0.6) is 5.75 Å². The smallest absolute Gasteiger partial charge is 0.128 e. The minimum Gasteiger partial charge on any atom is -0.485 e. The summed E-state index contributed by atoms with van der Waals surface area (Å²) in [6.07, 6.45) is 4.63. The summed E-state index contributed by atoms with van der Waals surface area (Å²) in [6.45, 7) is 0.909. The van der Waals surface area contributed by atoms with Crippen molar-refractivity contribution in [2.75, 3.05) is 13.6 Å². The molecule has 3 aromatic rings. The second kappa shape index (κ2) is 7.05. The Morgan fingerprint density at radius 1 is 1.05 bits per heavy atom. The van der Waals surface area contributed by atoms with Crippen molar-refractivity contribution in [3.63, 3.8) is 0 Å².